The predicted octanol–water partition coefficient (Wildman–Crippen LogP) is 16.7. The molecule has 4 nitrogen and oxygen atoms in total. The van der Waals surface area contributed by atoms with Crippen molar-refractivity contribution in [2.24, 2.45) is 0 Å². The minimum absolute atomic E-state index is 0.0422. The lowest BCUT2D eigenvalue weighted by atomic mass is 9.80. The topological polar surface area (TPSA) is 50.9 Å². The van der Waals surface area contributed by atoms with E-state index in [0.29, 0.717) is 22.5 Å². The highest BCUT2D eigenvalue weighted by molar-refractivity contribution is 5.97. The molecule has 2 heterocycles. The van der Waals surface area contributed by atoms with Crippen LogP contribution in [0, 0.1) is 6.92 Å². The number of aromatic nitrogens is 3. The van der Waals surface area contributed by atoms with E-state index in [2.05, 4.69) is 168 Å². The van der Waals surface area contributed by atoms with Crippen LogP contribution in [0.15, 0.2) is 134 Å². The number of aryl methyl sites for hydroxylation is 1. The molecule has 8 rings (SSSR count). The van der Waals surface area contributed by atoms with Crippen LogP contribution in [0.5, 0.6) is 5.75 Å². The molecule has 6 aromatic carbocycles. The fourth-order valence-electron chi connectivity index (χ4n) is 8.82. The molecule has 0 atom stereocenters. The van der Waals surface area contributed by atoms with Crippen molar-refractivity contribution in [2.45, 2.75) is 119 Å². The number of imidazole rings is 1. The lowest BCUT2D eigenvalue weighted by Gasteiger charge is -2.25. The summed E-state index contributed by atoms with van der Waals surface area (Å²) < 4.78 is 30.0. The number of para-hydroxylation sites is 1. The maximum absolute atomic E-state index is 12.4. The first-order chi connectivity index (χ1) is 31.2. The van der Waals surface area contributed by atoms with Crippen molar-refractivity contribution in [2.75, 3.05) is 0 Å². The fraction of sp³-hybridized carbons (Fsp3) is 0.300. The zero-order valence-corrected chi connectivity index (χ0v) is 40.0. The molecule has 0 aliphatic heterocycles. The first-order valence-corrected chi connectivity index (χ1v) is 22.5. The van der Waals surface area contributed by atoms with Gasteiger partial charge >= 0.3 is 0 Å². The highest BCUT2D eigenvalue weighted by Crippen LogP contribution is 2.45. The molecule has 1 N–H and O–H groups in total. The summed E-state index contributed by atoms with van der Waals surface area (Å²) in [6.07, 6.45) is 1.88. The van der Waals surface area contributed by atoms with Gasteiger partial charge in [-0.25, -0.2) is 4.98 Å². The lowest BCUT2D eigenvalue weighted by molar-refractivity contribution is 0.466. The number of phenols is 1. The second-order valence-corrected chi connectivity index (χ2v) is 20.2. The van der Waals surface area contributed by atoms with Crippen LogP contribution in [0.1, 0.15) is 138 Å². The number of fused-ring (bicyclic) bond motifs is 1. The SMILES string of the molecule is [2H]C(C)(C)c1cc(-c2nc3c(-c4cc(-c5cc(-c6ccc(C)cc6)ccn5)cc(C(C)(C)C)c4)cccc3n2-c2ccc(-c3ccccc3C(C)(C)C)c(C([2H])(C)C)c2)c(O)c(C([2H])(C)C)c1. The zero-order chi connectivity index (χ0) is 48.6. The Hall–Kier alpha value is -6.26. The largest absolute Gasteiger partial charge is 0.507 e. The number of pyridine rings is 1. The molecular formula is C60H65N3O. The Morgan fingerprint density at radius 3 is 1.92 bits per heavy atom. The number of hydrogen-bond donors (Lipinski definition) is 1. The highest BCUT2D eigenvalue weighted by Gasteiger charge is 2.26. The number of rotatable bonds is 9. The molecule has 0 aliphatic rings. The van der Waals surface area contributed by atoms with Crippen LogP contribution in [0.3, 0.4) is 0 Å². The lowest BCUT2D eigenvalue weighted by Crippen LogP contribution is -2.13. The maximum atomic E-state index is 12.4. The second-order valence-electron chi connectivity index (χ2n) is 20.2. The van der Waals surface area contributed by atoms with Gasteiger partial charge in [0.1, 0.15) is 11.6 Å². The van der Waals surface area contributed by atoms with Crippen LogP contribution in [-0.2, 0) is 10.8 Å². The minimum atomic E-state index is -1.18. The molecule has 0 unspecified atom stereocenters. The Bertz CT molecular complexity index is 3160. The van der Waals surface area contributed by atoms with Gasteiger partial charge in [-0.05, 0) is 140 Å². The third-order valence-corrected chi connectivity index (χ3v) is 12.5. The van der Waals surface area contributed by atoms with Crippen molar-refractivity contribution in [3.05, 3.63) is 167 Å². The molecule has 4 heteroatoms. The monoisotopic (exact) mass is 847 g/mol. The van der Waals surface area contributed by atoms with Crippen molar-refractivity contribution in [3.8, 4) is 67.5 Å². The molecule has 326 valence electrons. The molecular weight excluding hydrogens is 779 g/mol. The van der Waals surface area contributed by atoms with Crippen LogP contribution in [0.25, 0.3) is 72.7 Å². The summed E-state index contributed by atoms with van der Waals surface area (Å²) >= 11 is 0. The smallest absolute Gasteiger partial charge is 0.149 e. The summed E-state index contributed by atoms with van der Waals surface area (Å²) in [7, 11) is 0. The molecule has 0 amide bonds. The first kappa shape index (κ1) is 40.5. The molecule has 0 saturated heterocycles. The molecule has 64 heavy (non-hydrogen) atoms. The van der Waals surface area contributed by atoms with Gasteiger partial charge in [0.05, 0.1) is 22.3 Å². The number of nitrogens with zero attached hydrogens (tertiary/aromatic N) is 3. The summed E-state index contributed by atoms with van der Waals surface area (Å²) in [5, 5.41) is 12.4. The fourth-order valence-corrected chi connectivity index (χ4v) is 8.82. The van der Waals surface area contributed by atoms with Gasteiger partial charge in [0.2, 0.25) is 0 Å². The summed E-state index contributed by atoms with van der Waals surface area (Å²) in [4.78, 5) is 10.5. The van der Waals surface area contributed by atoms with Crippen LogP contribution in [-0.4, -0.2) is 19.6 Å². The van der Waals surface area contributed by atoms with Crippen molar-refractivity contribution < 1.29 is 9.22 Å². The normalized spacial score (nSPS) is 13.5. The van der Waals surface area contributed by atoms with Gasteiger partial charge in [-0.3, -0.25) is 9.55 Å². The van der Waals surface area contributed by atoms with E-state index in [1.165, 1.54) is 11.1 Å². The average Bonchev–Trinajstić information content (AvgIpc) is 3.64. The first-order valence-electron chi connectivity index (χ1n) is 24.0. The number of benzene rings is 6. The van der Waals surface area contributed by atoms with E-state index >= 15 is 0 Å². The third-order valence-electron chi connectivity index (χ3n) is 12.5. The van der Waals surface area contributed by atoms with Crippen molar-refractivity contribution in [1.82, 2.24) is 14.5 Å². The number of phenolic OH excluding ortho intramolecular Hbond substituents is 1. The average molecular weight is 847 g/mol. The van der Waals surface area contributed by atoms with Crippen LogP contribution >= 0.6 is 0 Å². The standard InChI is InChI=1S/C60H65N3O/c1-36(2)42-32-51(38(5)6)57(64)52(33-42)58-62-56-47(43-29-44(31-45(30-43)59(8,9)10)54-34-41(27-28-61-54)40-23-21-39(7)22-24-40)18-16-20-55(56)63(58)46-25-26-48(50(35-46)37(3)4)49-17-14-15-19-53(49)60(11,12)13/h14-38,64H,1-13H3/i36D,37D,38D. The van der Waals surface area contributed by atoms with Crippen LogP contribution in [0.2, 0.25) is 0 Å². The van der Waals surface area contributed by atoms with E-state index in [4.69, 9.17) is 11.3 Å². The summed E-state index contributed by atoms with van der Waals surface area (Å²) in [5.74, 6) is -2.77. The maximum Gasteiger partial charge on any atom is 0.149 e. The Balaban J connectivity index is 1.44. The Kier molecular flexibility index (Phi) is 10.8. The highest BCUT2D eigenvalue weighted by atomic mass is 16.3. The Morgan fingerprint density at radius 1 is 0.562 bits per heavy atom. The number of hydrogen-bond acceptors (Lipinski definition) is 3. The van der Waals surface area contributed by atoms with E-state index in [-0.39, 0.29) is 16.6 Å². The van der Waals surface area contributed by atoms with Crippen molar-refractivity contribution in [3.63, 3.8) is 0 Å². The summed E-state index contributed by atoms with van der Waals surface area (Å²) in [6.45, 7) is 26.5. The summed E-state index contributed by atoms with van der Waals surface area (Å²) in [6, 6.07) is 44.2. The van der Waals surface area contributed by atoms with Crippen molar-refractivity contribution in [1.29, 1.82) is 0 Å². The van der Waals surface area contributed by atoms with E-state index in [1.54, 1.807) is 19.9 Å². The van der Waals surface area contributed by atoms with E-state index in [1.807, 2.05) is 40.0 Å². The molecule has 0 fully saturated rings. The van der Waals surface area contributed by atoms with Gasteiger partial charge in [0.25, 0.3) is 0 Å². The van der Waals surface area contributed by atoms with Gasteiger partial charge < -0.3 is 5.11 Å². The molecule has 0 radical (unpaired) electrons. The Morgan fingerprint density at radius 2 is 1.25 bits per heavy atom. The molecule has 0 aliphatic carbocycles. The zero-order valence-electron chi connectivity index (χ0n) is 43.0. The van der Waals surface area contributed by atoms with Gasteiger partial charge in [-0.2, -0.15) is 0 Å². The van der Waals surface area contributed by atoms with Gasteiger partial charge in [-0.15, -0.1) is 0 Å². The van der Waals surface area contributed by atoms with Crippen LogP contribution < -0.4 is 0 Å². The summed E-state index contributed by atoms with van der Waals surface area (Å²) in [5.41, 5.74) is 16.0. The molecule has 2 aromatic heterocycles. The van der Waals surface area contributed by atoms with Crippen molar-refractivity contribution >= 4 is 11.0 Å². The quantitative estimate of drug-likeness (QED) is 0.157. The van der Waals surface area contributed by atoms with E-state index in [9.17, 15) is 7.85 Å². The van der Waals surface area contributed by atoms with Gasteiger partial charge in [0, 0.05) is 27.1 Å². The van der Waals surface area contributed by atoms with E-state index in [0.717, 1.165) is 72.5 Å². The van der Waals surface area contributed by atoms with E-state index < -0.39 is 17.7 Å². The Labute approximate surface area is 386 Å². The minimum Gasteiger partial charge on any atom is -0.507 e. The van der Waals surface area contributed by atoms with Crippen LogP contribution in [0.4, 0.5) is 0 Å². The molecule has 0 spiro atoms. The molecule has 8 aromatic rings. The van der Waals surface area contributed by atoms with Gasteiger partial charge in [0.15, 0.2) is 0 Å². The molecule has 0 bridgehead atoms. The van der Waals surface area contributed by atoms with Gasteiger partial charge in [-0.1, -0.05) is 168 Å². The third kappa shape index (κ3) is 8.55. The second kappa shape index (κ2) is 17.0. The number of aromatic hydroxyl groups is 1. The predicted molar refractivity (Wildman–Crippen MR) is 272 cm³/mol. The molecule has 0 saturated carbocycles.